The first-order chi connectivity index (χ1) is 13.6. The summed E-state index contributed by atoms with van der Waals surface area (Å²) in [5.41, 5.74) is 3.35. The third kappa shape index (κ3) is 3.10. The van der Waals surface area contributed by atoms with Crippen LogP contribution in [0.15, 0.2) is 48.6 Å². The van der Waals surface area contributed by atoms with E-state index in [0.29, 0.717) is 16.3 Å². The maximum Gasteiger partial charge on any atom is 0.338 e. The summed E-state index contributed by atoms with van der Waals surface area (Å²) in [6, 6.07) is 13.2. The van der Waals surface area contributed by atoms with Crippen LogP contribution in [0.1, 0.15) is 39.9 Å². The molecule has 0 unspecified atom stereocenters. The lowest BCUT2D eigenvalue weighted by atomic mass is 9.75. The van der Waals surface area contributed by atoms with Crippen molar-refractivity contribution in [2.24, 2.45) is 5.92 Å². The summed E-state index contributed by atoms with van der Waals surface area (Å²) in [7, 11) is 1.39. The van der Waals surface area contributed by atoms with E-state index in [1.165, 1.54) is 7.11 Å². The molecule has 0 amide bonds. The number of halogens is 1. The second-order valence-corrected chi connectivity index (χ2v) is 7.27. The van der Waals surface area contributed by atoms with Gasteiger partial charge in [-0.1, -0.05) is 35.9 Å². The maximum atomic E-state index is 12.3. The van der Waals surface area contributed by atoms with Crippen LogP contribution in [0.5, 0.6) is 5.75 Å². The van der Waals surface area contributed by atoms with Gasteiger partial charge in [0.25, 0.3) is 0 Å². The average molecular weight is 395 g/mol. The minimum absolute atomic E-state index is 0.0228. The van der Waals surface area contributed by atoms with Gasteiger partial charge in [-0.25, -0.2) is 4.79 Å². The number of ether oxygens (including phenoxy) is 2. The monoisotopic (exact) mass is 394 g/mol. The summed E-state index contributed by atoms with van der Waals surface area (Å²) in [5.74, 6) is 0.656. The minimum Gasteiger partial charge on any atom is -0.479 e. The summed E-state index contributed by atoms with van der Waals surface area (Å²) in [6.45, 7) is 0.0228. The first kappa shape index (κ1) is 18.4. The van der Waals surface area contributed by atoms with E-state index >= 15 is 0 Å². The smallest absolute Gasteiger partial charge is 0.338 e. The Hall–Kier alpha value is -2.97. The lowest BCUT2D eigenvalue weighted by Crippen LogP contribution is -2.30. The summed E-state index contributed by atoms with van der Waals surface area (Å²) in [4.78, 5) is 12.3. The summed E-state index contributed by atoms with van der Waals surface area (Å²) < 4.78 is 10.3. The van der Waals surface area contributed by atoms with Crippen LogP contribution in [0.4, 0.5) is 5.69 Å². The van der Waals surface area contributed by atoms with Crippen molar-refractivity contribution in [1.29, 1.82) is 5.26 Å². The van der Waals surface area contributed by atoms with E-state index in [2.05, 4.69) is 17.5 Å². The molecule has 1 aliphatic carbocycles. The molecule has 4 rings (SSSR count). The number of benzene rings is 2. The number of methoxy groups -OCH3 is 1. The molecule has 0 saturated heterocycles. The molecule has 1 N–H and O–H groups in total. The molecule has 1 aliphatic heterocycles. The first-order valence-electron chi connectivity index (χ1n) is 9.07. The summed E-state index contributed by atoms with van der Waals surface area (Å²) >= 11 is 6.50. The van der Waals surface area contributed by atoms with Gasteiger partial charge in [-0.15, -0.1) is 0 Å². The number of carbonyl (C=O) groups is 1. The number of hydrogen-bond acceptors (Lipinski definition) is 5. The lowest BCUT2D eigenvalue weighted by Gasteiger charge is -2.38. The number of fused-ring (bicyclic) bond motifs is 3. The molecule has 1 heterocycles. The zero-order chi connectivity index (χ0) is 19.7. The molecule has 2 aromatic carbocycles. The van der Waals surface area contributed by atoms with Crippen molar-refractivity contribution in [2.75, 3.05) is 19.0 Å². The highest BCUT2D eigenvalue weighted by Crippen LogP contribution is 2.52. The number of hydrogen-bond donors (Lipinski definition) is 1. The molecule has 0 fully saturated rings. The number of nitrogens with one attached hydrogen (secondary N) is 1. The van der Waals surface area contributed by atoms with Gasteiger partial charge in [-0.05, 0) is 47.7 Å². The highest BCUT2D eigenvalue weighted by atomic mass is 35.5. The molecule has 6 heteroatoms. The van der Waals surface area contributed by atoms with Gasteiger partial charge in [0.1, 0.15) is 11.8 Å². The van der Waals surface area contributed by atoms with Gasteiger partial charge in [-0.2, -0.15) is 5.26 Å². The first-order valence-corrected chi connectivity index (χ1v) is 9.45. The van der Waals surface area contributed by atoms with Crippen LogP contribution in [0, 0.1) is 17.2 Å². The van der Waals surface area contributed by atoms with Crippen molar-refractivity contribution in [2.45, 2.75) is 18.4 Å². The van der Waals surface area contributed by atoms with Gasteiger partial charge < -0.3 is 14.8 Å². The molecule has 0 bridgehead atoms. The molecule has 0 spiro atoms. The fraction of sp³-hybridized carbons (Fsp3) is 0.273. The topological polar surface area (TPSA) is 71.3 Å². The Morgan fingerprint density at radius 2 is 2.07 bits per heavy atom. The second kappa shape index (κ2) is 7.57. The quantitative estimate of drug-likeness (QED) is 0.592. The van der Waals surface area contributed by atoms with E-state index in [1.807, 2.05) is 30.3 Å². The average Bonchev–Trinajstić information content (AvgIpc) is 3.22. The van der Waals surface area contributed by atoms with Crippen LogP contribution in [0.3, 0.4) is 0 Å². The minimum atomic E-state index is -0.355. The third-order valence-corrected chi connectivity index (χ3v) is 5.73. The molecule has 2 aliphatic rings. The van der Waals surface area contributed by atoms with E-state index in [1.54, 1.807) is 12.1 Å². The number of rotatable bonds is 4. The number of allylic oxidation sites excluding steroid dienone is 2. The number of carbonyl (C=O) groups excluding carboxylic acids is 1. The Kier molecular flexibility index (Phi) is 4.97. The molecular weight excluding hydrogens is 376 g/mol. The zero-order valence-corrected chi connectivity index (χ0v) is 16.1. The largest absolute Gasteiger partial charge is 0.479 e. The maximum absolute atomic E-state index is 12.3. The van der Waals surface area contributed by atoms with E-state index in [9.17, 15) is 4.79 Å². The fourth-order valence-electron chi connectivity index (χ4n) is 4.18. The predicted octanol–water partition coefficient (Wildman–Crippen LogP) is 4.86. The van der Waals surface area contributed by atoms with Crippen molar-refractivity contribution in [3.05, 3.63) is 70.3 Å². The Labute approximate surface area is 168 Å². The molecule has 3 atom stereocenters. The van der Waals surface area contributed by atoms with Crippen LogP contribution in [-0.4, -0.2) is 19.7 Å². The standard InChI is InChI=1S/C22H19ClN2O3/c1-27-22(26)17-9-10-18(23)21-19(17)15-3-2-4-16(15)20(25-21)13-5-7-14(8-6-13)28-12-11-24/h2-3,5-10,15-16,20,25H,4,12H2,1H3/t15-,16-,20-/m1/s1. The second-order valence-electron chi connectivity index (χ2n) is 6.87. The summed E-state index contributed by atoms with van der Waals surface area (Å²) in [5, 5.41) is 12.8. The van der Waals surface area contributed by atoms with Crippen molar-refractivity contribution in [3.8, 4) is 11.8 Å². The molecule has 28 heavy (non-hydrogen) atoms. The van der Waals surface area contributed by atoms with E-state index in [0.717, 1.165) is 23.2 Å². The molecular formula is C22H19ClN2O3. The van der Waals surface area contributed by atoms with Gasteiger partial charge in [0.05, 0.1) is 29.4 Å². The van der Waals surface area contributed by atoms with Gasteiger partial charge in [0.2, 0.25) is 0 Å². The fourth-order valence-corrected chi connectivity index (χ4v) is 4.40. The number of nitrogens with zero attached hydrogens (tertiary/aromatic N) is 1. The molecule has 0 aromatic heterocycles. The molecule has 0 saturated carbocycles. The predicted molar refractivity (Wildman–Crippen MR) is 107 cm³/mol. The Bertz CT molecular complexity index is 979. The lowest BCUT2D eigenvalue weighted by molar-refractivity contribution is 0.0598. The Morgan fingerprint density at radius 1 is 1.29 bits per heavy atom. The SMILES string of the molecule is COC(=O)c1ccc(Cl)c2c1[C@@H]1C=CC[C@H]1[C@@H](c1ccc(OCC#N)cc1)N2. The Morgan fingerprint density at radius 3 is 2.79 bits per heavy atom. The van der Waals surface area contributed by atoms with Gasteiger partial charge in [0, 0.05) is 5.92 Å². The number of anilines is 1. The van der Waals surface area contributed by atoms with Crippen molar-refractivity contribution >= 4 is 23.3 Å². The number of esters is 1. The summed E-state index contributed by atoms with van der Waals surface area (Å²) in [6.07, 6.45) is 5.22. The van der Waals surface area contributed by atoms with Crippen LogP contribution in [0.25, 0.3) is 0 Å². The van der Waals surface area contributed by atoms with Crippen LogP contribution in [-0.2, 0) is 4.74 Å². The van der Waals surface area contributed by atoms with Crippen molar-refractivity contribution in [3.63, 3.8) is 0 Å². The normalized spacial score (nSPS) is 21.8. The molecule has 0 radical (unpaired) electrons. The molecule has 2 aromatic rings. The molecule has 5 nitrogen and oxygen atoms in total. The van der Waals surface area contributed by atoms with Gasteiger partial charge >= 0.3 is 5.97 Å². The van der Waals surface area contributed by atoms with Crippen molar-refractivity contribution < 1.29 is 14.3 Å². The van der Waals surface area contributed by atoms with Gasteiger partial charge in [0.15, 0.2) is 6.61 Å². The zero-order valence-electron chi connectivity index (χ0n) is 15.3. The van der Waals surface area contributed by atoms with E-state index < -0.39 is 0 Å². The Balaban J connectivity index is 1.73. The highest BCUT2D eigenvalue weighted by Gasteiger charge is 2.41. The van der Waals surface area contributed by atoms with Crippen LogP contribution in [0.2, 0.25) is 5.02 Å². The third-order valence-electron chi connectivity index (χ3n) is 5.42. The van der Waals surface area contributed by atoms with Crippen molar-refractivity contribution in [1.82, 2.24) is 0 Å². The number of nitriles is 1. The van der Waals surface area contributed by atoms with Crippen LogP contribution >= 0.6 is 11.6 Å². The highest BCUT2D eigenvalue weighted by molar-refractivity contribution is 6.33. The van der Waals surface area contributed by atoms with E-state index in [4.69, 9.17) is 26.3 Å². The van der Waals surface area contributed by atoms with E-state index in [-0.39, 0.29) is 30.5 Å². The molecule has 142 valence electrons. The van der Waals surface area contributed by atoms with Gasteiger partial charge in [-0.3, -0.25) is 0 Å². The van der Waals surface area contributed by atoms with Crippen LogP contribution < -0.4 is 10.1 Å².